The SMILES string of the molecule is CCCn1nc(C(=O)Nc2ccc(OCC)c(OC)c2)ccc1=O. The van der Waals surface area contributed by atoms with Gasteiger partial charge in [-0.3, -0.25) is 9.59 Å². The molecule has 1 aromatic heterocycles. The zero-order chi connectivity index (χ0) is 17.5. The summed E-state index contributed by atoms with van der Waals surface area (Å²) >= 11 is 0. The van der Waals surface area contributed by atoms with E-state index in [9.17, 15) is 9.59 Å². The van der Waals surface area contributed by atoms with Gasteiger partial charge in [-0.05, 0) is 31.5 Å². The highest BCUT2D eigenvalue weighted by molar-refractivity contribution is 6.02. The second-order valence-electron chi connectivity index (χ2n) is 5.03. The molecule has 7 nitrogen and oxygen atoms in total. The van der Waals surface area contributed by atoms with E-state index in [4.69, 9.17) is 9.47 Å². The van der Waals surface area contributed by atoms with Gasteiger partial charge in [0, 0.05) is 24.4 Å². The van der Waals surface area contributed by atoms with E-state index < -0.39 is 5.91 Å². The van der Waals surface area contributed by atoms with Crippen LogP contribution in [-0.4, -0.2) is 29.4 Å². The summed E-state index contributed by atoms with van der Waals surface area (Å²) in [6, 6.07) is 7.87. The first-order chi connectivity index (χ1) is 11.6. The number of amides is 1. The highest BCUT2D eigenvalue weighted by Gasteiger charge is 2.12. The van der Waals surface area contributed by atoms with Crippen LogP contribution in [-0.2, 0) is 6.54 Å². The summed E-state index contributed by atoms with van der Waals surface area (Å²) in [5.74, 6) is 0.734. The summed E-state index contributed by atoms with van der Waals surface area (Å²) in [6.45, 7) is 4.81. The van der Waals surface area contributed by atoms with E-state index in [1.807, 2.05) is 13.8 Å². The molecule has 24 heavy (non-hydrogen) atoms. The number of nitrogens with one attached hydrogen (secondary N) is 1. The van der Waals surface area contributed by atoms with Gasteiger partial charge in [0.15, 0.2) is 11.5 Å². The zero-order valence-electron chi connectivity index (χ0n) is 14.0. The molecule has 0 atom stereocenters. The number of anilines is 1. The Morgan fingerprint density at radius 3 is 2.67 bits per heavy atom. The Hall–Kier alpha value is -2.83. The first kappa shape index (κ1) is 17.5. The lowest BCUT2D eigenvalue weighted by atomic mass is 10.2. The van der Waals surface area contributed by atoms with Crippen LogP contribution in [0.4, 0.5) is 5.69 Å². The number of methoxy groups -OCH3 is 1. The molecule has 1 N–H and O–H groups in total. The molecule has 0 saturated heterocycles. The van der Waals surface area contributed by atoms with Crippen molar-refractivity contribution in [2.45, 2.75) is 26.8 Å². The van der Waals surface area contributed by atoms with Crippen LogP contribution in [0.5, 0.6) is 11.5 Å². The lowest BCUT2D eigenvalue weighted by Crippen LogP contribution is -2.26. The van der Waals surface area contributed by atoms with Gasteiger partial charge in [-0.1, -0.05) is 6.92 Å². The van der Waals surface area contributed by atoms with Crippen molar-refractivity contribution in [3.8, 4) is 11.5 Å². The summed E-state index contributed by atoms with van der Waals surface area (Å²) < 4.78 is 12.0. The highest BCUT2D eigenvalue weighted by Crippen LogP contribution is 2.30. The number of hydrogen-bond acceptors (Lipinski definition) is 5. The number of hydrogen-bond donors (Lipinski definition) is 1. The van der Waals surface area contributed by atoms with Crippen molar-refractivity contribution in [2.75, 3.05) is 19.0 Å². The van der Waals surface area contributed by atoms with Crippen LogP contribution in [0.2, 0.25) is 0 Å². The Balaban J connectivity index is 2.20. The van der Waals surface area contributed by atoms with Gasteiger partial charge in [-0.25, -0.2) is 4.68 Å². The number of carbonyl (C=O) groups is 1. The van der Waals surface area contributed by atoms with Gasteiger partial charge in [0.2, 0.25) is 0 Å². The van der Waals surface area contributed by atoms with Gasteiger partial charge in [0.1, 0.15) is 5.69 Å². The third-order valence-corrected chi connectivity index (χ3v) is 3.26. The molecule has 1 heterocycles. The molecule has 0 aliphatic carbocycles. The third kappa shape index (κ3) is 4.13. The summed E-state index contributed by atoms with van der Waals surface area (Å²) in [5, 5.41) is 6.82. The van der Waals surface area contributed by atoms with E-state index in [-0.39, 0.29) is 11.3 Å². The Bertz CT molecular complexity index is 771. The smallest absolute Gasteiger partial charge is 0.276 e. The number of ether oxygens (including phenoxy) is 2. The second-order valence-corrected chi connectivity index (χ2v) is 5.03. The first-order valence-electron chi connectivity index (χ1n) is 7.79. The van der Waals surface area contributed by atoms with Crippen molar-refractivity contribution in [3.05, 3.63) is 46.4 Å². The van der Waals surface area contributed by atoms with Gasteiger partial charge < -0.3 is 14.8 Å². The van der Waals surface area contributed by atoms with Crippen LogP contribution in [0.3, 0.4) is 0 Å². The lowest BCUT2D eigenvalue weighted by molar-refractivity contribution is 0.101. The lowest BCUT2D eigenvalue weighted by Gasteiger charge is -2.12. The Morgan fingerprint density at radius 2 is 2.00 bits per heavy atom. The van der Waals surface area contributed by atoms with Crippen molar-refractivity contribution in [3.63, 3.8) is 0 Å². The summed E-state index contributed by atoms with van der Waals surface area (Å²) in [6.07, 6.45) is 0.758. The molecule has 2 aromatic rings. The molecule has 2 rings (SSSR count). The predicted octanol–water partition coefficient (Wildman–Crippen LogP) is 2.31. The van der Waals surface area contributed by atoms with Crippen LogP contribution >= 0.6 is 0 Å². The van der Waals surface area contributed by atoms with Gasteiger partial charge in [0.25, 0.3) is 11.5 Å². The molecule has 128 valence electrons. The summed E-state index contributed by atoms with van der Waals surface area (Å²) in [5.41, 5.74) is 0.502. The monoisotopic (exact) mass is 331 g/mol. The number of aryl methyl sites for hydroxylation is 1. The molecule has 7 heteroatoms. The zero-order valence-corrected chi connectivity index (χ0v) is 14.0. The fourth-order valence-corrected chi connectivity index (χ4v) is 2.16. The number of carbonyl (C=O) groups excluding carboxylic acids is 1. The highest BCUT2D eigenvalue weighted by atomic mass is 16.5. The van der Waals surface area contributed by atoms with Crippen molar-refractivity contribution >= 4 is 11.6 Å². The molecule has 0 fully saturated rings. The fourth-order valence-electron chi connectivity index (χ4n) is 2.16. The molecule has 0 unspecified atom stereocenters. The van der Waals surface area contributed by atoms with Crippen LogP contribution in [0, 0.1) is 0 Å². The fraction of sp³-hybridized carbons (Fsp3) is 0.353. The molecular weight excluding hydrogens is 310 g/mol. The van der Waals surface area contributed by atoms with Gasteiger partial charge in [-0.2, -0.15) is 5.10 Å². The maximum Gasteiger partial charge on any atom is 0.276 e. The molecule has 0 radical (unpaired) electrons. The topological polar surface area (TPSA) is 82.5 Å². The molecule has 0 spiro atoms. The van der Waals surface area contributed by atoms with E-state index in [1.165, 1.54) is 23.9 Å². The van der Waals surface area contributed by atoms with Gasteiger partial charge in [0.05, 0.1) is 13.7 Å². The maximum atomic E-state index is 12.3. The van der Waals surface area contributed by atoms with E-state index in [1.54, 1.807) is 18.2 Å². The Labute approximate surface area is 140 Å². The molecule has 0 aliphatic rings. The van der Waals surface area contributed by atoms with Crippen LogP contribution in [0.15, 0.2) is 35.1 Å². The molecule has 0 aliphatic heterocycles. The number of aromatic nitrogens is 2. The molecule has 0 bridgehead atoms. The van der Waals surface area contributed by atoms with Crippen molar-refractivity contribution in [1.82, 2.24) is 9.78 Å². The van der Waals surface area contributed by atoms with Crippen molar-refractivity contribution in [1.29, 1.82) is 0 Å². The number of benzene rings is 1. The molecule has 1 aromatic carbocycles. The van der Waals surface area contributed by atoms with E-state index in [2.05, 4.69) is 10.4 Å². The van der Waals surface area contributed by atoms with E-state index >= 15 is 0 Å². The van der Waals surface area contributed by atoms with Crippen LogP contribution < -0.4 is 20.3 Å². The standard InChI is InChI=1S/C17H21N3O4/c1-4-10-20-16(21)9-7-13(19-20)17(22)18-12-6-8-14(24-5-2)15(11-12)23-3/h6-9,11H,4-5,10H2,1-3H3,(H,18,22). The third-order valence-electron chi connectivity index (χ3n) is 3.26. The average Bonchev–Trinajstić information content (AvgIpc) is 2.58. The predicted molar refractivity (Wildman–Crippen MR) is 90.9 cm³/mol. The van der Waals surface area contributed by atoms with Crippen molar-refractivity contribution < 1.29 is 14.3 Å². The quantitative estimate of drug-likeness (QED) is 0.842. The minimum Gasteiger partial charge on any atom is -0.493 e. The first-order valence-corrected chi connectivity index (χ1v) is 7.79. The molecule has 1 amide bonds. The van der Waals surface area contributed by atoms with E-state index in [0.29, 0.717) is 30.3 Å². The van der Waals surface area contributed by atoms with Crippen LogP contribution in [0.25, 0.3) is 0 Å². The maximum absolute atomic E-state index is 12.3. The normalized spacial score (nSPS) is 10.3. The second kappa shape index (κ2) is 8.14. The van der Waals surface area contributed by atoms with Gasteiger partial charge >= 0.3 is 0 Å². The summed E-state index contributed by atoms with van der Waals surface area (Å²) in [4.78, 5) is 24.0. The van der Waals surface area contributed by atoms with Gasteiger partial charge in [-0.15, -0.1) is 0 Å². The number of rotatable bonds is 7. The summed E-state index contributed by atoms with van der Waals surface area (Å²) in [7, 11) is 1.53. The average molecular weight is 331 g/mol. The number of nitrogens with zero attached hydrogens (tertiary/aromatic N) is 2. The largest absolute Gasteiger partial charge is 0.493 e. The molecule has 0 saturated carbocycles. The molecular formula is C17H21N3O4. The minimum absolute atomic E-state index is 0.177. The Morgan fingerprint density at radius 1 is 1.21 bits per heavy atom. The van der Waals surface area contributed by atoms with Crippen molar-refractivity contribution in [2.24, 2.45) is 0 Å². The minimum atomic E-state index is -0.397. The Kier molecular flexibility index (Phi) is 5.95. The van der Waals surface area contributed by atoms with Crippen LogP contribution in [0.1, 0.15) is 30.8 Å². The van der Waals surface area contributed by atoms with E-state index in [0.717, 1.165) is 6.42 Å².